The largest absolute Gasteiger partial charge is 0.462 e. The summed E-state index contributed by atoms with van der Waals surface area (Å²) in [6.07, 6.45) is 3.52. The van der Waals surface area contributed by atoms with Crippen LogP contribution in [0.1, 0.15) is 23.7 Å². The van der Waals surface area contributed by atoms with Crippen molar-refractivity contribution in [3.05, 3.63) is 28.5 Å². The smallest absolute Gasteiger partial charge is 0.339 e. The van der Waals surface area contributed by atoms with Gasteiger partial charge in [-0.25, -0.2) is 4.79 Å². The van der Waals surface area contributed by atoms with Crippen LogP contribution in [0, 0.1) is 5.92 Å². The van der Waals surface area contributed by atoms with Crippen molar-refractivity contribution in [1.29, 1.82) is 0 Å². The number of rotatable bonds is 4. The third-order valence-corrected chi connectivity index (χ3v) is 3.50. The second-order valence-electron chi connectivity index (χ2n) is 4.49. The minimum Gasteiger partial charge on any atom is -0.462 e. The molecule has 2 rings (SSSR count). The Morgan fingerprint density at radius 1 is 1.58 bits per heavy atom. The van der Waals surface area contributed by atoms with Crippen molar-refractivity contribution in [3.63, 3.8) is 0 Å². The monoisotopic (exact) mass is 326 g/mol. The topological polar surface area (TPSA) is 59.5 Å². The van der Waals surface area contributed by atoms with Gasteiger partial charge in [-0.15, -0.1) is 0 Å². The average molecular weight is 327 g/mol. The fourth-order valence-electron chi connectivity index (χ4n) is 2.07. The van der Waals surface area contributed by atoms with Gasteiger partial charge >= 0.3 is 5.97 Å². The standard InChI is InChI=1S/C13H15BrN2O3/c1-2-16-7-9(3-12(16)17)8-19-13(18)10-4-11(14)6-15-5-10/h4-6,9H,2-3,7-8H2,1H3/t9-/m1/s1. The molecule has 1 amide bonds. The molecule has 0 saturated carbocycles. The molecule has 2 heterocycles. The first kappa shape index (κ1) is 14.0. The summed E-state index contributed by atoms with van der Waals surface area (Å²) < 4.78 is 5.96. The lowest BCUT2D eigenvalue weighted by Crippen LogP contribution is -2.25. The number of aromatic nitrogens is 1. The number of pyridine rings is 1. The maximum atomic E-state index is 11.8. The van der Waals surface area contributed by atoms with Gasteiger partial charge in [0, 0.05) is 42.3 Å². The molecule has 0 aromatic carbocycles. The molecule has 1 aromatic heterocycles. The molecule has 0 unspecified atom stereocenters. The molecule has 1 atom stereocenters. The SMILES string of the molecule is CCN1C[C@H](COC(=O)c2cncc(Br)c2)CC1=O. The molecule has 19 heavy (non-hydrogen) atoms. The van der Waals surface area contributed by atoms with E-state index in [2.05, 4.69) is 20.9 Å². The highest BCUT2D eigenvalue weighted by atomic mass is 79.9. The summed E-state index contributed by atoms with van der Waals surface area (Å²) >= 11 is 3.25. The van der Waals surface area contributed by atoms with E-state index in [0.717, 1.165) is 4.47 Å². The zero-order chi connectivity index (χ0) is 13.8. The Balaban J connectivity index is 1.86. The second-order valence-corrected chi connectivity index (χ2v) is 5.41. The summed E-state index contributed by atoms with van der Waals surface area (Å²) in [4.78, 5) is 29.0. The fraction of sp³-hybridized carbons (Fsp3) is 0.462. The van der Waals surface area contributed by atoms with Crippen LogP contribution in [0.4, 0.5) is 0 Å². The Kier molecular flexibility index (Phi) is 4.52. The van der Waals surface area contributed by atoms with Crippen molar-refractivity contribution in [1.82, 2.24) is 9.88 Å². The second kappa shape index (κ2) is 6.14. The highest BCUT2D eigenvalue weighted by Gasteiger charge is 2.29. The number of amides is 1. The van der Waals surface area contributed by atoms with E-state index in [4.69, 9.17) is 4.74 Å². The molecule has 0 N–H and O–H groups in total. The van der Waals surface area contributed by atoms with Gasteiger partial charge in [0.2, 0.25) is 5.91 Å². The minimum absolute atomic E-state index is 0.0940. The number of nitrogens with zero attached hydrogens (tertiary/aromatic N) is 2. The Morgan fingerprint density at radius 2 is 2.37 bits per heavy atom. The van der Waals surface area contributed by atoms with E-state index in [-0.39, 0.29) is 18.4 Å². The molecule has 6 heteroatoms. The number of hydrogen-bond acceptors (Lipinski definition) is 4. The van der Waals surface area contributed by atoms with Crippen molar-refractivity contribution in [2.45, 2.75) is 13.3 Å². The van der Waals surface area contributed by atoms with Crippen LogP contribution in [0.15, 0.2) is 22.9 Å². The number of hydrogen-bond donors (Lipinski definition) is 0. The molecule has 102 valence electrons. The van der Waals surface area contributed by atoms with E-state index in [9.17, 15) is 9.59 Å². The molecule has 1 aliphatic rings. The zero-order valence-electron chi connectivity index (χ0n) is 10.6. The maximum absolute atomic E-state index is 11.8. The lowest BCUT2D eigenvalue weighted by molar-refractivity contribution is -0.127. The van der Waals surface area contributed by atoms with Gasteiger partial charge in [-0.3, -0.25) is 9.78 Å². The molecule has 1 aliphatic heterocycles. The molecule has 1 saturated heterocycles. The molecule has 1 aromatic rings. The lowest BCUT2D eigenvalue weighted by atomic mass is 10.1. The predicted molar refractivity (Wildman–Crippen MR) is 72.6 cm³/mol. The van der Waals surface area contributed by atoms with Crippen LogP contribution in [-0.4, -0.2) is 41.5 Å². The van der Waals surface area contributed by atoms with Gasteiger partial charge in [0.25, 0.3) is 0 Å². The fourth-order valence-corrected chi connectivity index (χ4v) is 2.44. The van der Waals surface area contributed by atoms with E-state index >= 15 is 0 Å². The van der Waals surface area contributed by atoms with E-state index in [1.807, 2.05) is 6.92 Å². The first-order valence-electron chi connectivity index (χ1n) is 6.15. The molecule has 5 nitrogen and oxygen atoms in total. The van der Waals surface area contributed by atoms with Crippen molar-refractivity contribution in [2.24, 2.45) is 5.92 Å². The molecular formula is C13H15BrN2O3. The van der Waals surface area contributed by atoms with Crippen LogP contribution in [0.3, 0.4) is 0 Å². The van der Waals surface area contributed by atoms with Crippen LogP contribution in [0.5, 0.6) is 0 Å². The van der Waals surface area contributed by atoms with Crippen molar-refractivity contribution in [2.75, 3.05) is 19.7 Å². The molecule has 0 bridgehead atoms. The Morgan fingerprint density at radius 3 is 3.00 bits per heavy atom. The van der Waals surface area contributed by atoms with Gasteiger partial charge in [0.1, 0.15) is 0 Å². The number of likely N-dealkylation sites (tertiary alicyclic amines) is 1. The summed E-state index contributed by atoms with van der Waals surface area (Å²) in [5, 5.41) is 0. The number of carbonyl (C=O) groups excluding carboxylic acids is 2. The lowest BCUT2D eigenvalue weighted by Gasteiger charge is -2.13. The van der Waals surface area contributed by atoms with Gasteiger partial charge in [0.15, 0.2) is 0 Å². The van der Waals surface area contributed by atoms with E-state index in [1.54, 1.807) is 17.2 Å². The number of carbonyl (C=O) groups is 2. The van der Waals surface area contributed by atoms with Gasteiger partial charge in [0.05, 0.1) is 12.2 Å². The Labute approximate surface area is 120 Å². The minimum atomic E-state index is -0.406. The van der Waals surface area contributed by atoms with Crippen LogP contribution in [-0.2, 0) is 9.53 Å². The molecular weight excluding hydrogens is 312 g/mol. The van der Waals surface area contributed by atoms with Gasteiger partial charge in [-0.1, -0.05) is 0 Å². The van der Waals surface area contributed by atoms with Crippen molar-refractivity contribution >= 4 is 27.8 Å². The molecule has 0 aliphatic carbocycles. The highest BCUT2D eigenvalue weighted by Crippen LogP contribution is 2.18. The molecule has 0 radical (unpaired) electrons. The van der Waals surface area contributed by atoms with E-state index < -0.39 is 5.97 Å². The van der Waals surface area contributed by atoms with Gasteiger partial charge in [-0.05, 0) is 28.9 Å². The third kappa shape index (κ3) is 3.53. The summed E-state index contributed by atoms with van der Waals surface area (Å²) in [7, 11) is 0. The third-order valence-electron chi connectivity index (χ3n) is 3.07. The summed E-state index contributed by atoms with van der Waals surface area (Å²) in [6.45, 7) is 3.59. The van der Waals surface area contributed by atoms with Crippen molar-refractivity contribution < 1.29 is 14.3 Å². The molecule has 0 spiro atoms. The summed E-state index contributed by atoms with van der Waals surface area (Å²) in [5.41, 5.74) is 0.408. The van der Waals surface area contributed by atoms with Crippen LogP contribution in [0.2, 0.25) is 0 Å². The van der Waals surface area contributed by atoms with Crippen LogP contribution < -0.4 is 0 Å². The maximum Gasteiger partial charge on any atom is 0.339 e. The molecule has 1 fully saturated rings. The van der Waals surface area contributed by atoms with E-state index in [0.29, 0.717) is 25.1 Å². The Bertz CT molecular complexity index is 493. The first-order chi connectivity index (χ1) is 9.10. The number of halogens is 1. The van der Waals surface area contributed by atoms with Gasteiger partial charge in [-0.2, -0.15) is 0 Å². The Hall–Kier alpha value is -1.43. The number of ether oxygens (including phenoxy) is 1. The van der Waals surface area contributed by atoms with E-state index in [1.165, 1.54) is 6.20 Å². The van der Waals surface area contributed by atoms with Gasteiger partial charge < -0.3 is 9.64 Å². The highest BCUT2D eigenvalue weighted by molar-refractivity contribution is 9.10. The summed E-state index contributed by atoms with van der Waals surface area (Å²) in [5.74, 6) is -0.180. The van der Waals surface area contributed by atoms with Crippen molar-refractivity contribution in [3.8, 4) is 0 Å². The predicted octanol–water partition coefficient (Wildman–Crippen LogP) is 1.87. The van der Waals surface area contributed by atoms with Crippen LogP contribution in [0.25, 0.3) is 0 Å². The quantitative estimate of drug-likeness (QED) is 0.792. The zero-order valence-corrected chi connectivity index (χ0v) is 12.2. The average Bonchev–Trinajstić information content (AvgIpc) is 2.76. The normalized spacial score (nSPS) is 18.7. The number of esters is 1. The summed E-state index contributed by atoms with van der Waals surface area (Å²) in [6, 6.07) is 1.66. The first-order valence-corrected chi connectivity index (χ1v) is 6.95. The van der Waals surface area contributed by atoms with Crippen LogP contribution >= 0.6 is 15.9 Å².